The molecule has 0 aliphatic carbocycles. The maximum absolute atomic E-state index is 5.75. The van der Waals surface area contributed by atoms with E-state index in [0.29, 0.717) is 10.1 Å². The van der Waals surface area contributed by atoms with Gasteiger partial charge in [-0.05, 0) is 22.0 Å². The monoisotopic (exact) mass is 275 g/mol. The first-order valence-corrected chi connectivity index (χ1v) is 5.92. The third-order valence-electron chi connectivity index (χ3n) is 1.47. The summed E-state index contributed by atoms with van der Waals surface area (Å²) >= 11 is 6.28. The lowest BCUT2D eigenvalue weighted by atomic mass is 10.4. The van der Waals surface area contributed by atoms with Crippen molar-refractivity contribution in [2.45, 2.75) is 0 Å². The van der Waals surface area contributed by atoms with Crippen molar-refractivity contribution in [2.24, 2.45) is 0 Å². The Bertz CT molecular complexity index is 435. The van der Waals surface area contributed by atoms with Crippen LogP contribution in [0.25, 0.3) is 10.6 Å². The molecular formula is C7H6BrN3S2. The Labute approximate surface area is 91.5 Å². The molecule has 0 radical (unpaired) electrons. The second-order valence-corrected chi connectivity index (χ2v) is 5.28. The van der Waals surface area contributed by atoms with E-state index in [1.54, 1.807) is 11.3 Å². The molecule has 2 aromatic rings. The zero-order valence-electron chi connectivity index (χ0n) is 6.45. The number of anilines is 2. The van der Waals surface area contributed by atoms with Crippen molar-refractivity contribution in [3.8, 4) is 10.6 Å². The quantitative estimate of drug-likeness (QED) is 0.841. The summed E-state index contributed by atoms with van der Waals surface area (Å²) in [6.45, 7) is 0. The van der Waals surface area contributed by atoms with Crippen LogP contribution in [0, 0.1) is 0 Å². The molecule has 2 heterocycles. The molecule has 68 valence electrons. The van der Waals surface area contributed by atoms with Crippen molar-refractivity contribution in [1.29, 1.82) is 0 Å². The Morgan fingerprint density at radius 3 is 2.62 bits per heavy atom. The topological polar surface area (TPSA) is 64.9 Å². The molecule has 3 nitrogen and oxygen atoms in total. The molecule has 0 fully saturated rings. The van der Waals surface area contributed by atoms with Crippen molar-refractivity contribution in [2.75, 3.05) is 11.5 Å². The Kier molecular flexibility index (Phi) is 2.27. The van der Waals surface area contributed by atoms with Crippen LogP contribution in [-0.4, -0.2) is 4.98 Å². The molecule has 0 saturated carbocycles. The Morgan fingerprint density at radius 2 is 2.15 bits per heavy atom. The number of aromatic nitrogens is 1. The second kappa shape index (κ2) is 3.28. The highest BCUT2D eigenvalue weighted by Crippen LogP contribution is 2.36. The average Bonchev–Trinajstić information content (AvgIpc) is 2.58. The van der Waals surface area contributed by atoms with E-state index in [1.165, 1.54) is 11.3 Å². The van der Waals surface area contributed by atoms with E-state index in [4.69, 9.17) is 11.5 Å². The van der Waals surface area contributed by atoms with Crippen molar-refractivity contribution < 1.29 is 0 Å². The molecule has 2 aromatic heterocycles. The standard InChI is InChI=1S/C7H6BrN3S2/c8-3-1-4(12-2-3)5-6(9)13-7(10)11-5/h1-2H,9H2,(H2,10,11). The third kappa shape index (κ3) is 1.70. The summed E-state index contributed by atoms with van der Waals surface area (Å²) in [7, 11) is 0. The number of halogens is 1. The summed E-state index contributed by atoms with van der Waals surface area (Å²) in [6.07, 6.45) is 0. The van der Waals surface area contributed by atoms with Crippen molar-refractivity contribution in [1.82, 2.24) is 4.98 Å². The summed E-state index contributed by atoms with van der Waals surface area (Å²) in [5.41, 5.74) is 12.1. The molecule has 0 amide bonds. The molecule has 0 saturated heterocycles. The van der Waals surface area contributed by atoms with Crippen LogP contribution in [0.1, 0.15) is 0 Å². The van der Waals surface area contributed by atoms with Crippen LogP contribution in [-0.2, 0) is 0 Å². The molecule has 0 aliphatic rings. The zero-order chi connectivity index (χ0) is 9.42. The number of nitrogens with two attached hydrogens (primary N) is 2. The van der Waals surface area contributed by atoms with E-state index in [0.717, 1.165) is 15.0 Å². The summed E-state index contributed by atoms with van der Waals surface area (Å²) in [5, 5.41) is 3.17. The number of nitrogen functional groups attached to an aromatic ring is 2. The third-order valence-corrected chi connectivity index (χ3v) is 3.88. The lowest BCUT2D eigenvalue weighted by molar-refractivity contribution is 1.43. The molecule has 6 heteroatoms. The predicted molar refractivity (Wildman–Crippen MR) is 62.0 cm³/mol. The SMILES string of the molecule is Nc1nc(-c2cc(Br)cs2)c(N)s1. The molecule has 13 heavy (non-hydrogen) atoms. The lowest BCUT2D eigenvalue weighted by Crippen LogP contribution is -1.83. The largest absolute Gasteiger partial charge is 0.389 e. The van der Waals surface area contributed by atoms with Gasteiger partial charge in [-0.2, -0.15) is 0 Å². The molecule has 0 unspecified atom stereocenters. The molecule has 0 aliphatic heterocycles. The molecule has 0 atom stereocenters. The number of thiazole rings is 1. The zero-order valence-corrected chi connectivity index (χ0v) is 9.67. The van der Waals surface area contributed by atoms with Crippen LogP contribution in [0.5, 0.6) is 0 Å². The van der Waals surface area contributed by atoms with E-state index in [1.807, 2.05) is 11.4 Å². The minimum absolute atomic E-state index is 0.511. The highest BCUT2D eigenvalue weighted by Gasteiger charge is 2.10. The van der Waals surface area contributed by atoms with Gasteiger partial charge in [0.15, 0.2) is 5.13 Å². The molecule has 4 N–H and O–H groups in total. The van der Waals surface area contributed by atoms with Gasteiger partial charge in [0.05, 0.1) is 4.88 Å². The number of hydrogen-bond donors (Lipinski definition) is 2. The first kappa shape index (κ1) is 8.98. The van der Waals surface area contributed by atoms with Crippen LogP contribution >= 0.6 is 38.6 Å². The van der Waals surface area contributed by atoms with Crippen LogP contribution < -0.4 is 11.5 Å². The summed E-state index contributed by atoms with van der Waals surface area (Å²) in [5.74, 6) is 0. The van der Waals surface area contributed by atoms with E-state index < -0.39 is 0 Å². The van der Waals surface area contributed by atoms with Gasteiger partial charge in [0.1, 0.15) is 10.7 Å². The Hall–Kier alpha value is -0.590. The second-order valence-electron chi connectivity index (χ2n) is 2.39. The fourth-order valence-corrected chi connectivity index (χ4v) is 3.07. The molecule has 0 spiro atoms. The van der Waals surface area contributed by atoms with E-state index in [9.17, 15) is 0 Å². The highest BCUT2D eigenvalue weighted by molar-refractivity contribution is 9.10. The van der Waals surface area contributed by atoms with Gasteiger partial charge in [-0.1, -0.05) is 11.3 Å². The van der Waals surface area contributed by atoms with E-state index >= 15 is 0 Å². The maximum atomic E-state index is 5.75. The van der Waals surface area contributed by atoms with Gasteiger partial charge in [0.25, 0.3) is 0 Å². The van der Waals surface area contributed by atoms with Gasteiger partial charge in [-0.15, -0.1) is 11.3 Å². The van der Waals surface area contributed by atoms with Gasteiger partial charge >= 0.3 is 0 Å². The minimum Gasteiger partial charge on any atom is -0.389 e. The first-order chi connectivity index (χ1) is 6.16. The van der Waals surface area contributed by atoms with E-state index in [-0.39, 0.29) is 0 Å². The average molecular weight is 276 g/mol. The van der Waals surface area contributed by atoms with Gasteiger partial charge in [0, 0.05) is 9.85 Å². The molecule has 2 rings (SSSR count). The number of nitrogens with zero attached hydrogens (tertiary/aromatic N) is 1. The maximum Gasteiger partial charge on any atom is 0.182 e. The number of hydrogen-bond acceptors (Lipinski definition) is 5. The van der Waals surface area contributed by atoms with Gasteiger partial charge in [-0.25, -0.2) is 4.98 Å². The predicted octanol–water partition coefficient (Wildman–Crippen LogP) is 2.80. The van der Waals surface area contributed by atoms with Crippen molar-refractivity contribution in [3.63, 3.8) is 0 Å². The first-order valence-electron chi connectivity index (χ1n) is 3.43. The number of rotatable bonds is 1. The number of thiophene rings is 1. The van der Waals surface area contributed by atoms with E-state index in [2.05, 4.69) is 20.9 Å². The van der Waals surface area contributed by atoms with Crippen LogP contribution in [0.15, 0.2) is 15.9 Å². The highest BCUT2D eigenvalue weighted by atomic mass is 79.9. The fraction of sp³-hybridized carbons (Fsp3) is 0. The van der Waals surface area contributed by atoms with Crippen molar-refractivity contribution in [3.05, 3.63) is 15.9 Å². The van der Waals surface area contributed by atoms with Crippen molar-refractivity contribution >= 4 is 48.7 Å². The van der Waals surface area contributed by atoms with Crippen LogP contribution in [0.3, 0.4) is 0 Å². The van der Waals surface area contributed by atoms with Crippen LogP contribution in [0.4, 0.5) is 10.1 Å². The smallest absolute Gasteiger partial charge is 0.182 e. The Balaban J connectivity index is 2.51. The summed E-state index contributed by atoms with van der Waals surface area (Å²) < 4.78 is 1.04. The summed E-state index contributed by atoms with van der Waals surface area (Å²) in [4.78, 5) is 5.19. The molecule has 0 bridgehead atoms. The lowest BCUT2D eigenvalue weighted by Gasteiger charge is -1.90. The fourth-order valence-electron chi connectivity index (χ4n) is 0.963. The Morgan fingerprint density at radius 1 is 1.38 bits per heavy atom. The molecule has 0 aromatic carbocycles. The van der Waals surface area contributed by atoms with Gasteiger partial charge in [-0.3, -0.25) is 0 Å². The normalized spacial score (nSPS) is 10.5. The summed E-state index contributed by atoms with van der Waals surface area (Å²) in [6, 6.07) is 1.98. The van der Waals surface area contributed by atoms with Gasteiger partial charge < -0.3 is 11.5 Å². The minimum atomic E-state index is 0.511. The van der Waals surface area contributed by atoms with Crippen LogP contribution in [0.2, 0.25) is 0 Å². The van der Waals surface area contributed by atoms with Gasteiger partial charge in [0.2, 0.25) is 0 Å². The molecular weight excluding hydrogens is 270 g/mol.